The summed E-state index contributed by atoms with van der Waals surface area (Å²) in [5.74, 6) is 0.925. The summed E-state index contributed by atoms with van der Waals surface area (Å²) in [6.45, 7) is 5.54. The predicted molar refractivity (Wildman–Crippen MR) is 82.1 cm³/mol. The highest BCUT2D eigenvalue weighted by atomic mass is 16.6. The Labute approximate surface area is 124 Å². The van der Waals surface area contributed by atoms with Crippen LogP contribution in [-0.4, -0.2) is 30.7 Å². The minimum Gasteiger partial charge on any atom is -0.463 e. The zero-order valence-corrected chi connectivity index (χ0v) is 12.4. The highest BCUT2D eigenvalue weighted by Gasteiger charge is 2.21. The van der Waals surface area contributed by atoms with E-state index in [0.717, 1.165) is 28.5 Å². The van der Waals surface area contributed by atoms with Crippen molar-refractivity contribution in [3.8, 4) is 0 Å². The van der Waals surface area contributed by atoms with Crippen LogP contribution >= 0.6 is 0 Å². The Morgan fingerprint density at radius 1 is 1.43 bits per heavy atom. The van der Waals surface area contributed by atoms with Crippen molar-refractivity contribution in [1.82, 2.24) is 4.90 Å². The second kappa shape index (κ2) is 5.64. The second-order valence-corrected chi connectivity index (χ2v) is 5.28. The zero-order valence-electron chi connectivity index (χ0n) is 12.4. The summed E-state index contributed by atoms with van der Waals surface area (Å²) in [7, 11) is 0. The average Bonchev–Trinajstić information content (AvgIpc) is 2.90. The Balaban J connectivity index is 1.83. The van der Waals surface area contributed by atoms with Gasteiger partial charge in [-0.3, -0.25) is 0 Å². The molecule has 0 aliphatic carbocycles. The maximum atomic E-state index is 11.7. The summed E-state index contributed by atoms with van der Waals surface area (Å²) >= 11 is 0. The van der Waals surface area contributed by atoms with Crippen LogP contribution in [-0.2, 0) is 4.74 Å². The molecule has 1 aliphatic rings. The Morgan fingerprint density at radius 2 is 2.29 bits per heavy atom. The first kappa shape index (κ1) is 13.7. The number of rotatable bonds is 2. The highest BCUT2D eigenvalue weighted by molar-refractivity contribution is 5.92. The van der Waals surface area contributed by atoms with Gasteiger partial charge in [-0.05, 0) is 31.9 Å². The van der Waals surface area contributed by atoms with E-state index in [1.165, 1.54) is 5.56 Å². The van der Waals surface area contributed by atoms with Crippen molar-refractivity contribution in [2.24, 2.45) is 0 Å². The van der Waals surface area contributed by atoms with Gasteiger partial charge in [0.05, 0.1) is 12.9 Å². The molecular formula is C17H19NO3. The first-order valence-electron chi connectivity index (χ1n) is 7.28. The molecule has 1 aromatic heterocycles. The Bertz CT molecular complexity index is 699. The topological polar surface area (TPSA) is 42.7 Å². The number of hydrogen-bond donors (Lipinski definition) is 0. The number of aryl methyl sites for hydroxylation is 1. The standard InChI is InChI=1S/C17H19NO3/c1-3-20-17(19)18-8-6-13(7-9-18)16-15-5-4-12(2)10-14(15)11-21-16/h4-6,10-11H,3,7-9H2,1-2H3. The van der Waals surface area contributed by atoms with Gasteiger partial charge >= 0.3 is 6.09 Å². The lowest BCUT2D eigenvalue weighted by molar-refractivity contribution is 0.111. The lowest BCUT2D eigenvalue weighted by atomic mass is 10.0. The third-order valence-corrected chi connectivity index (χ3v) is 3.78. The molecule has 2 aromatic rings. The molecule has 0 saturated carbocycles. The second-order valence-electron chi connectivity index (χ2n) is 5.28. The Kier molecular flexibility index (Phi) is 3.69. The first-order chi connectivity index (χ1) is 10.2. The van der Waals surface area contributed by atoms with Crippen LogP contribution in [0.4, 0.5) is 4.79 Å². The molecule has 4 heteroatoms. The lowest BCUT2D eigenvalue weighted by Crippen LogP contribution is -2.35. The van der Waals surface area contributed by atoms with Crippen molar-refractivity contribution in [2.75, 3.05) is 19.7 Å². The summed E-state index contributed by atoms with van der Waals surface area (Å²) in [6.07, 6.45) is 4.40. The molecule has 0 bridgehead atoms. The third-order valence-electron chi connectivity index (χ3n) is 3.78. The fraction of sp³-hybridized carbons (Fsp3) is 0.353. The van der Waals surface area contributed by atoms with Gasteiger partial charge in [-0.25, -0.2) is 4.79 Å². The van der Waals surface area contributed by atoms with Crippen LogP contribution in [0.2, 0.25) is 0 Å². The quantitative estimate of drug-likeness (QED) is 0.838. The Hall–Kier alpha value is -2.23. The molecule has 1 aliphatic heterocycles. The van der Waals surface area contributed by atoms with Crippen LogP contribution in [0.1, 0.15) is 24.7 Å². The maximum Gasteiger partial charge on any atom is 0.410 e. The van der Waals surface area contributed by atoms with E-state index in [0.29, 0.717) is 19.7 Å². The van der Waals surface area contributed by atoms with E-state index in [-0.39, 0.29) is 6.09 Å². The van der Waals surface area contributed by atoms with E-state index in [4.69, 9.17) is 9.15 Å². The monoisotopic (exact) mass is 285 g/mol. The lowest BCUT2D eigenvalue weighted by Gasteiger charge is -2.25. The maximum absolute atomic E-state index is 11.7. The molecule has 21 heavy (non-hydrogen) atoms. The first-order valence-corrected chi connectivity index (χ1v) is 7.28. The molecule has 1 aromatic carbocycles. The molecule has 2 heterocycles. The summed E-state index contributed by atoms with van der Waals surface area (Å²) in [4.78, 5) is 13.4. The zero-order chi connectivity index (χ0) is 14.8. The van der Waals surface area contributed by atoms with Crippen molar-refractivity contribution < 1.29 is 13.9 Å². The number of fused-ring (bicyclic) bond motifs is 1. The van der Waals surface area contributed by atoms with E-state index in [2.05, 4.69) is 31.2 Å². The molecule has 0 N–H and O–H groups in total. The van der Waals surface area contributed by atoms with Gasteiger partial charge in [0.1, 0.15) is 5.76 Å². The molecule has 0 radical (unpaired) electrons. The largest absolute Gasteiger partial charge is 0.463 e. The number of furan rings is 1. The van der Waals surface area contributed by atoms with Crippen molar-refractivity contribution in [3.05, 3.63) is 41.9 Å². The number of carbonyl (C=O) groups is 1. The minimum absolute atomic E-state index is 0.243. The van der Waals surface area contributed by atoms with Crippen LogP contribution in [0.15, 0.2) is 35.0 Å². The summed E-state index contributed by atoms with van der Waals surface area (Å²) in [5, 5.41) is 2.26. The number of carbonyl (C=O) groups excluding carboxylic acids is 1. The van der Waals surface area contributed by atoms with E-state index < -0.39 is 0 Å². The predicted octanol–water partition coefficient (Wildman–Crippen LogP) is 3.99. The van der Waals surface area contributed by atoms with Crippen molar-refractivity contribution in [2.45, 2.75) is 20.3 Å². The van der Waals surface area contributed by atoms with Gasteiger partial charge in [-0.15, -0.1) is 0 Å². The molecule has 0 spiro atoms. The Morgan fingerprint density at radius 3 is 3.00 bits per heavy atom. The van der Waals surface area contributed by atoms with Crippen molar-refractivity contribution in [1.29, 1.82) is 0 Å². The van der Waals surface area contributed by atoms with Gasteiger partial charge in [-0.2, -0.15) is 0 Å². The SMILES string of the molecule is CCOC(=O)N1CC=C(c2occ3cc(C)ccc23)CC1. The average molecular weight is 285 g/mol. The molecule has 3 rings (SSSR count). The minimum atomic E-state index is -0.243. The van der Waals surface area contributed by atoms with Crippen molar-refractivity contribution in [3.63, 3.8) is 0 Å². The smallest absolute Gasteiger partial charge is 0.410 e. The van der Waals surface area contributed by atoms with Crippen LogP contribution in [0.3, 0.4) is 0 Å². The van der Waals surface area contributed by atoms with Crippen LogP contribution < -0.4 is 0 Å². The van der Waals surface area contributed by atoms with Crippen LogP contribution in [0, 0.1) is 6.92 Å². The van der Waals surface area contributed by atoms with Gasteiger partial charge in [0, 0.05) is 23.9 Å². The fourth-order valence-corrected chi connectivity index (χ4v) is 2.68. The van der Waals surface area contributed by atoms with Gasteiger partial charge < -0.3 is 14.1 Å². The fourth-order valence-electron chi connectivity index (χ4n) is 2.68. The van der Waals surface area contributed by atoms with Crippen LogP contribution in [0.5, 0.6) is 0 Å². The molecule has 0 atom stereocenters. The molecular weight excluding hydrogens is 266 g/mol. The number of benzene rings is 1. The van der Waals surface area contributed by atoms with E-state index >= 15 is 0 Å². The molecule has 4 nitrogen and oxygen atoms in total. The van der Waals surface area contributed by atoms with Gasteiger partial charge in [0.2, 0.25) is 0 Å². The number of amides is 1. The molecule has 0 fully saturated rings. The molecule has 0 saturated heterocycles. The van der Waals surface area contributed by atoms with E-state index in [1.807, 2.05) is 6.92 Å². The molecule has 0 unspecified atom stereocenters. The van der Waals surface area contributed by atoms with Crippen LogP contribution in [0.25, 0.3) is 16.3 Å². The number of ether oxygens (including phenoxy) is 1. The summed E-state index contributed by atoms with van der Waals surface area (Å²) in [5.41, 5.74) is 2.38. The highest BCUT2D eigenvalue weighted by Crippen LogP contribution is 2.31. The van der Waals surface area contributed by atoms with E-state index in [9.17, 15) is 4.79 Å². The summed E-state index contributed by atoms with van der Waals surface area (Å²) in [6, 6.07) is 6.31. The van der Waals surface area contributed by atoms with Gasteiger partial charge in [0.25, 0.3) is 0 Å². The normalized spacial score (nSPS) is 15.1. The van der Waals surface area contributed by atoms with Gasteiger partial charge in [-0.1, -0.05) is 23.8 Å². The third kappa shape index (κ3) is 2.66. The molecule has 1 amide bonds. The molecule has 110 valence electrons. The van der Waals surface area contributed by atoms with Gasteiger partial charge in [0.15, 0.2) is 0 Å². The van der Waals surface area contributed by atoms with Crippen molar-refractivity contribution >= 4 is 22.4 Å². The summed E-state index contributed by atoms with van der Waals surface area (Å²) < 4.78 is 10.8. The van der Waals surface area contributed by atoms with E-state index in [1.54, 1.807) is 11.2 Å². The number of nitrogens with zero attached hydrogens (tertiary/aromatic N) is 1. The number of hydrogen-bond acceptors (Lipinski definition) is 3.